The zero-order valence-electron chi connectivity index (χ0n) is 4.47. The van der Waals surface area contributed by atoms with Gasteiger partial charge in [-0.2, -0.15) is 0 Å². The fraction of sp³-hybridized carbons (Fsp3) is 0.500. The highest BCUT2D eigenvalue weighted by atomic mass is 32.2. The van der Waals surface area contributed by atoms with Gasteiger partial charge in [0, 0.05) is 0 Å². The number of rotatable bonds is 0. The molecule has 0 unspecified atom stereocenters. The molecule has 1 N–H and O–H groups in total. The maximum Gasteiger partial charge on any atom is 0.247 e. The largest absolute Gasteiger partial charge is 0.304 e. The first kappa shape index (κ1) is 5.62. The molecule has 1 rings (SSSR count). The van der Waals surface area contributed by atoms with Gasteiger partial charge in [-0.15, -0.1) is 0 Å². The second-order valence-electron chi connectivity index (χ2n) is 1.37. The van der Waals surface area contributed by atoms with Gasteiger partial charge in [0.25, 0.3) is 0 Å². The number of amidine groups is 1. The Labute approximate surface area is 51.6 Å². The summed E-state index contributed by atoms with van der Waals surface area (Å²) >= 11 is 1.45. The van der Waals surface area contributed by atoms with Gasteiger partial charge in [0.2, 0.25) is 5.91 Å². The van der Waals surface area contributed by atoms with E-state index in [-0.39, 0.29) is 5.91 Å². The molecule has 0 spiro atoms. The van der Waals surface area contributed by atoms with Crippen molar-refractivity contribution in [3.63, 3.8) is 0 Å². The van der Waals surface area contributed by atoms with Crippen LogP contribution in [0.5, 0.6) is 0 Å². The molecule has 3 nitrogen and oxygen atoms in total. The first-order valence-electron chi connectivity index (χ1n) is 2.21. The monoisotopic (exact) mass is 130 g/mol. The minimum absolute atomic E-state index is 0.00523. The molecule has 1 amide bonds. The molecule has 0 fully saturated rings. The number of aliphatic imine (C=N–C) groups is 1. The number of hydrogen-bond donors (Lipinski definition) is 1. The molecular weight excluding hydrogens is 124 g/mol. The van der Waals surface area contributed by atoms with Crippen molar-refractivity contribution >= 4 is 22.8 Å². The Morgan fingerprint density at radius 1 is 1.88 bits per heavy atom. The zero-order valence-corrected chi connectivity index (χ0v) is 5.29. The molecule has 0 aromatic carbocycles. The molecule has 4 heteroatoms. The summed E-state index contributed by atoms with van der Waals surface area (Å²) < 4.78 is 0. The lowest BCUT2D eigenvalue weighted by Gasteiger charge is -1.89. The van der Waals surface area contributed by atoms with Crippen molar-refractivity contribution in [3.8, 4) is 0 Å². The molecule has 0 radical (unpaired) electrons. The Hall–Kier alpha value is -0.510. The average molecular weight is 130 g/mol. The third-order valence-corrected chi connectivity index (χ3v) is 1.42. The molecule has 0 aliphatic carbocycles. The van der Waals surface area contributed by atoms with Gasteiger partial charge in [-0.05, 0) is 6.26 Å². The minimum atomic E-state index is -0.00523. The van der Waals surface area contributed by atoms with Crippen LogP contribution in [0, 0.1) is 0 Å². The highest BCUT2D eigenvalue weighted by Crippen LogP contribution is 1.98. The number of nitrogens with zero attached hydrogens (tertiary/aromatic N) is 1. The first-order valence-corrected chi connectivity index (χ1v) is 3.43. The van der Waals surface area contributed by atoms with Gasteiger partial charge in [-0.25, -0.2) is 0 Å². The zero-order chi connectivity index (χ0) is 5.98. The van der Waals surface area contributed by atoms with Crippen LogP contribution in [0.4, 0.5) is 0 Å². The Balaban J connectivity index is 2.49. The topological polar surface area (TPSA) is 41.5 Å². The summed E-state index contributed by atoms with van der Waals surface area (Å²) in [5, 5.41) is 3.31. The first-order chi connectivity index (χ1) is 3.83. The van der Waals surface area contributed by atoms with Crippen LogP contribution in [0.3, 0.4) is 0 Å². The van der Waals surface area contributed by atoms with E-state index in [1.807, 2.05) is 6.26 Å². The smallest absolute Gasteiger partial charge is 0.247 e. The van der Waals surface area contributed by atoms with Gasteiger partial charge in [0.15, 0.2) is 5.17 Å². The van der Waals surface area contributed by atoms with Gasteiger partial charge < -0.3 is 5.32 Å². The molecule has 0 atom stereocenters. The van der Waals surface area contributed by atoms with Gasteiger partial charge in [-0.3, -0.25) is 9.79 Å². The maximum atomic E-state index is 10.4. The van der Waals surface area contributed by atoms with E-state index in [0.717, 1.165) is 5.17 Å². The third kappa shape index (κ3) is 1.01. The minimum Gasteiger partial charge on any atom is -0.304 e. The Kier molecular flexibility index (Phi) is 1.53. The van der Waals surface area contributed by atoms with E-state index in [1.54, 1.807) is 0 Å². The lowest BCUT2D eigenvalue weighted by molar-refractivity contribution is -0.117. The van der Waals surface area contributed by atoms with Crippen LogP contribution >= 0.6 is 11.8 Å². The molecule has 8 heavy (non-hydrogen) atoms. The SMILES string of the molecule is CSC1=NCC(=O)N1. The average Bonchev–Trinajstić information content (AvgIpc) is 2.14. The predicted octanol–water partition coefficient (Wildman–Crippen LogP) is -0.165. The Bertz CT molecular complexity index is 143. The van der Waals surface area contributed by atoms with Crippen LogP contribution in [-0.4, -0.2) is 23.9 Å². The fourth-order valence-electron chi connectivity index (χ4n) is 0.458. The number of hydrogen-bond acceptors (Lipinski definition) is 3. The lowest BCUT2D eigenvalue weighted by atomic mass is 10.7. The highest BCUT2D eigenvalue weighted by molar-refractivity contribution is 8.13. The van der Waals surface area contributed by atoms with Crippen molar-refractivity contribution in [2.24, 2.45) is 4.99 Å². The number of amides is 1. The summed E-state index contributed by atoms with van der Waals surface area (Å²) in [4.78, 5) is 14.2. The van der Waals surface area contributed by atoms with E-state index in [1.165, 1.54) is 11.8 Å². The van der Waals surface area contributed by atoms with Crippen LogP contribution < -0.4 is 5.32 Å². The molecule has 1 aliphatic rings. The van der Waals surface area contributed by atoms with Crippen molar-refractivity contribution in [3.05, 3.63) is 0 Å². The van der Waals surface area contributed by atoms with Gasteiger partial charge >= 0.3 is 0 Å². The Morgan fingerprint density at radius 3 is 2.88 bits per heavy atom. The van der Waals surface area contributed by atoms with Crippen LogP contribution in [0.1, 0.15) is 0 Å². The summed E-state index contributed by atoms with van der Waals surface area (Å²) in [6.07, 6.45) is 1.88. The molecule has 0 saturated carbocycles. The summed E-state index contributed by atoms with van der Waals surface area (Å²) in [5.41, 5.74) is 0. The van der Waals surface area contributed by atoms with Crippen molar-refractivity contribution < 1.29 is 4.79 Å². The van der Waals surface area contributed by atoms with Crippen molar-refractivity contribution in [1.82, 2.24) is 5.32 Å². The number of nitrogens with one attached hydrogen (secondary N) is 1. The van der Waals surface area contributed by atoms with Gasteiger partial charge in [0.05, 0.1) is 0 Å². The van der Waals surface area contributed by atoms with E-state index >= 15 is 0 Å². The molecule has 0 aromatic rings. The molecule has 0 aromatic heterocycles. The number of carbonyl (C=O) groups excluding carboxylic acids is 1. The fourth-order valence-corrected chi connectivity index (χ4v) is 0.867. The maximum absolute atomic E-state index is 10.4. The van der Waals surface area contributed by atoms with E-state index in [4.69, 9.17) is 0 Å². The van der Waals surface area contributed by atoms with Gasteiger partial charge in [-0.1, -0.05) is 11.8 Å². The third-order valence-electron chi connectivity index (χ3n) is 0.806. The second-order valence-corrected chi connectivity index (χ2v) is 2.17. The van der Waals surface area contributed by atoms with Crippen molar-refractivity contribution in [1.29, 1.82) is 0 Å². The standard InChI is InChI=1S/C4H6N2OS/c1-8-4-5-2-3(7)6-4/h2H2,1H3,(H,5,6,7). The summed E-state index contributed by atoms with van der Waals surface area (Å²) in [5.74, 6) is -0.00523. The molecule has 0 bridgehead atoms. The van der Waals surface area contributed by atoms with Crippen LogP contribution in [0.25, 0.3) is 0 Å². The molecule has 0 saturated heterocycles. The van der Waals surface area contributed by atoms with E-state index in [2.05, 4.69) is 10.3 Å². The van der Waals surface area contributed by atoms with Crippen molar-refractivity contribution in [2.75, 3.05) is 12.8 Å². The highest BCUT2D eigenvalue weighted by Gasteiger charge is 2.10. The number of thioether (sulfide) groups is 1. The summed E-state index contributed by atoms with van der Waals surface area (Å²) in [7, 11) is 0. The molecule has 44 valence electrons. The van der Waals surface area contributed by atoms with Crippen molar-refractivity contribution in [2.45, 2.75) is 0 Å². The predicted molar refractivity (Wildman–Crippen MR) is 34.0 cm³/mol. The van der Waals surface area contributed by atoms with Gasteiger partial charge in [0.1, 0.15) is 6.54 Å². The Morgan fingerprint density at radius 2 is 2.62 bits per heavy atom. The number of carbonyl (C=O) groups is 1. The van der Waals surface area contributed by atoms with E-state index in [9.17, 15) is 4.79 Å². The molecule has 1 aliphatic heterocycles. The van der Waals surface area contributed by atoms with Crippen LogP contribution in [-0.2, 0) is 4.79 Å². The second kappa shape index (κ2) is 2.17. The summed E-state index contributed by atoms with van der Waals surface area (Å²) in [6.45, 7) is 0.302. The van der Waals surface area contributed by atoms with E-state index < -0.39 is 0 Å². The lowest BCUT2D eigenvalue weighted by Crippen LogP contribution is -2.21. The summed E-state index contributed by atoms with van der Waals surface area (Å²) in [6, 6.07) is 0. The van der Waals surface area contributed by atoms with Crippen LogP contribution in [0.15, 0.2) is 4.99 Å². The quantitative estimate of drug-likeness (QED) is 0.495. The van der Waals surface area contributed by atoms with Crippen LogP contribution in [0.2, 0.25) is 0 Å². The molecular formula is C4H6N2OS. The molecule has 1 heterocycles. The van der Waals surface area contributed by atoms with E-state index in [0.29, 0.717) is 6.54 Å². The normalized spacial score (nSPS) is 18.1.